The number of ketones is 1. The Bertz CT molecular complexity index is 1530. The number of anilines is 1. The molecule has 3 aromatic heterocycles. The van der Waals surface area contributed by atoms with E-state index in [2.05, 4.69) is 21.4 Å². The van der Waals surface area contributed by atoms with Gasteiger partial charge in [-0.15, -0.1) is 0 Å². The van der Waals surface area contributed by atoms with Gasteiger partial charge in [-0.3, -0.25) is 4.79 Å². The molecule has 1 N–H and O–H groups in total. The Labute approximate surface area is 227 Å². The lowest BCUT2D eigenvalue weighted by atomic mass is 9.94. The molecule has 1 fully saturated rings. The van der Waals surface area contributed by atoms with Gasteiger partial charge < -0.3 is 19.4 Å². The molecule has 0 bridgehead atoms. The van der Waals surface area contributed by atoms with Crippen molar-refractivity contribution in [2.45, 2.75) is 33.3 Å². The van der Waals surface area contributed by atoms with E-state index in [-0.39, 0.29) is 18.3 Å². The molecular weight excluding hydrogens is 492 g/mol. The molecular formula is C31H32N4O4. The predicted octanol–water partition coefficient (Wildman–Crippen LogP) is 5.30. The summed E-state index contributed by atoms with van der Waals surface area (Å²) < 4.78 is 10.9. The standard InChI is InChI=1S/C31H32N4O4/c1-5-25(36)15-23-14-21(7-6-20(23)4)28-26-16-24(31(37)39-19(2)3)18-33-30(26)34-29(28)22-8-9-27(32-17-22)35-10-12-38-13-11-35/h5-9,14,16-19H,1,10-13,15H2,2-4H3,(H,33,34). The Hall–Kier alpha value is -4.30. The van der Waals surface area contributed by atoms with Crippen molar-refractivity contribution < 1.29 is 19.1 Å². The third-order valence-corrected chi connectivity index (χ3v) is 6.83. The highest BCUT2D eigenvalue weighted by molar-refractivity contribution is 6.05. The molecule has 1 aliphatic heterocycles. The maximum absolute atomic E-state index is 12.7. The largest absolute Gasteiger partial charge is 0.459 e. The van der Waals surface area contributed by atoms with E-state index in [4.69, 9.17) is 14.5 Å². The fourth-order valence-corrected chi connectivity index (χ4v) is 4.77. The van der Waals surface area contributed by atoms with Crippen molar-refractivity contribution in [2.75, 3.05) is 31.2 Å². The van der Waals surface area contributed by atoms with Crippen LogP contribution in [0, 0.1) is 6.92 Å². The summed E-state index contributed by atoms with van der Waals surface area (Å²) in [6, 6.07) is 11.9. The van der Waals surface area contributed by atoms with Gasteiger partial charge in [-0.1, -0.05) is 24.8 Å². The van der Waals surface area contributed by atoms with Crippen LogP contribution in [0.5, 0.6) is 0 Å². The van der Waals surface area contributed by atoms with Crippen LogP contribution in [0.1, 0.15) is 35.3 Å². The summed E-state index contributed by atoms with van der Waals surface area (Å²) in [5, 5.41) is 0.783. The van der Waals surface area contributed by atoms with Crippen LogP contribution in [0.4, 0.5) is 5.82 Å². The number of H-pyrrole nitrogens is 1. The molecule has 0 atom stereocenters. The molecule has 5 rings (SSSR count). The average molecular weight is 525 g/mol. The smallest absolute Gasteiger partial charge is 0.339 e. The number of carbonyl (C=O) groups excluding carboxylic acids is 2. The van der Waals surface area contributed by atoms with Crippen LogP contribution in [0.3, 0.4) is 0 Å². The molecule has 4 aromatic rings. The zero-order chi connectivity index (χ0) is 27.5. The van der Waals surface area contributed by atoms with Gasteiger partial charge in [0.2, 0.25) is 0 Å². The minimum Gasteiger partial charge on any atom is -0.459 e. The van der Waals surface area contributed by atoms with Gasteiger partial charge in [0.15, 0.2) is 5.78 Å². The topological polar surface area (TPSA) is 97.4 Å². The number of nitrogens with zero attached hydrogens (tertiary/aromatic N) is 3. The van der Waals surface area contributed by atoms with Gasteiger partial charge in [0.05, 0.1) is 30.6 Å². The molecule has 1 saturated heterocycles. The first kappa shape index (κ1) is 26.3. The molecule has 1 aromatic carbocycles. The molecule has 4 heterocycles. The van der Waals surface area contributed by atoms with Crippen LogP contribution in [-0.2, 0) is 20.7 Å². The van der Waals surface area contributed by atoms with E-state index in [1.165, 1.54) is 12.3 Å². The van der Waals surface area contributed by atoms with Crippen molar-refractivity contribution in [3.63, 3.8) is 0 Å². The fraction of sp³-hybridized carbons (Fsp3) is 0.290. The monoisotopic (exact) mass is 524 g/mol. The summed E-state index contributed by atoms with van der Waals surface area (Å²) in [7, 11) is 0. The number of rotatable bonds is 8. The van der Waals surface area contributed by atoms with Crippen LogP contribution in [0.25, 0.3) is 33.4 Å². The van der Waals surface area contributed by atoms with Crippen LogP contribution in [-0.4, -0.2) is 59.1 Å². The summed E-state index contributed by atoms with van der Waals surface area (Å²) in [5.41, 5.74) is 6.45. The van der Waals surface area contributed by atoms with Crippen molar-refractivity contribution in [2.24, 2.45) is 0 Å². The lowest BCUT2D eigenvalue weighted by molar-refractivity contribution is -0.114. The van der Waals surface area contributed by atoms with Crippen molar-refractivity contribution in [1.29, 1.82) is 0 Å². The molecule has 0 unspecified atom stereocenters. The number of allylic oxidation sites excluding steroid dienone is 1. The lowest BCUT2D eigenvalue weighted by Crippen LogP contribution is -2.36. The Kier molecular flexibility index (Phi) is 7.56. The number of aromatic nitrogens is 3. The number of carbonyl (C=O) groups is 2. The van der Waals surface area contributed by atoms with Gasteiger partial charge >= 0.3 is 5.97 Å². The van der Waals surface area contributed by atoms with Crippen LogP contribution in [0.15, 0.2) is 61.4 Å². The number of aromatic amines is 1. The van der Waals surface area contributed by atoms with Gasteiger partial charge in [0.25, 0.3) is 0 Å². The number of ether oxygens (including phenoxy) is 2. The third-order valence-electron chi connectivity index (χ3n) is 6.83. The zero-order valence-corrected chi connectivity index (χ0v) is 22.5. The third kappa shape index (κ3) is 5.61. The number of pyridine rings is 2. The number of esters is 1. The number of morpholine rings is 1. The highest BCUT2D eigenvalue weighted by atomic mass is 16.5. The number of hydrogen-bond acceptors (Lipinski definition) is 7. The first-order chi connectivity index (χ1) is 18.8. The number of hydrogen-bond donors (Lipinski definition) is 1. The molecule has 200 valence electrons. The minimum absolute atomic E-state index is 0.0438. The second-order valence-electron chi connectivity index (χ2n) is 9.94. The lowest BCUT2D eigenvalue weighted by Gasteiger charge is -2.27. The maximum atomic E-state index is 12.7. The molecule has 0 radical (unpaired) electrons. The quantitative estimate of drug-likeness (QED) is 0.247. The minimum atomic E-state index is -0.425. The molecule has 0 aliphatic carbocycles. The van der Waals surface area contributed by atoms with E-state index < -0.39 is 5.97 Å². The van der Waals surface area contributed by atoms with E-state index >= 15 is 0 Å². The number of nitrogens with one attached hydrogen (secondary N) is 1. The summed E-state index contributed by atoms with van der Waals surface area (Å²) in [5.74, 6) is 0.431. The van der Waals surface area contributed by atoms with Crippen molar-refractivity contribution in [3.8, 4) is 22.4 Å². The van der Waals surface area contributed by atoms with E-state index in [0.29, 0.717) is 24.4 Å². The van der Waals surface area contributed by atoms with Crippen LogP contribution in [0.2, 0.25) is 0 Å². The maximum Gasteiger partial charge on any atom is 0.339 e. The molecule has 0 spiro atoms. The number of fused-ring (bicyclic) bond motifs is 1. The van der Waals surface area contributed by atoms with Gasteiger partial charge in [0, 0.05) is 48.4 Å². The van der Waals surface area contributed by atoms with Gasteiger partial charge in [-0.25, -0.2) is 14.8 Å². The summed E-state index contributed by atoms with van der Waals surface area (Å²) in [6.45, 7) is 12.2. The predicted molar refractivity (Wildman–Crippen MR) is 152 cm³/mol. The Morgan fingerprint density at radius 2 is 1.87 bits per heavy atom. The second kappa shape index (κ2) is 11.2. The van der Waals surface area contributed by atoms with Gasteiger partial charge in [0.1, 0.15) is 11.5 Å². The SMILES string of the molecule is C=CC(=O)Cc1cc(-c2c(-c3ccc(N4CCOCC4)nc3)[nH]c3ncc(C(=O)OC(C)C)cc23)ccc1C. The molecule has 39 heavy (non-hydrogen) atoms. The number of benzene rings is 1. The molecule has 8 nitrogen and oxygen atoms in total. The van der Waals surface area contributed by atoms with Crippen molar-refractivity contribution in [3.05, 3.63) is 78.1 Å². The van der Waals surface area contributed by atoms with Crippen LogP contribution >= 0.6 is 0 Å². The highest BCUT2D eigenvalue weighted by Gasteiger charge is 2.21. The molecule has 1 aliphatic rings. The Balaban J connectivity index is 1.64. The van der Waals surface area contributed by atoms with Gasteiger partial charge in [-0.2, -0.15) is 0 Å². The first-order valence-electron chi connectivity index (χ1n) is 13.1. The molecule has 0 amide bonds. The average Bonchev–Trinajstić information content (AvgIpc) is 3.33. The Morgan fingerprint density at radius 1 is 1.10 bits per heavy atom. The van der Waals surface area contributed by atoms with Crippen molar-refractivity contribution >= 4 is 28.6 Å². The van der Waals surface area contributed by atoms with Crippen molar-refractivity contribution in [1.82, 2.24) is 15.0 Å². The number of aryl methyl sites for hydroxylation is 1. The summed E-state index contributed by atoms with van der Waals surface area (Å²) in [4.78, 5) is 39.9. The highest BCUT2D eigenvalue weighted by Crippen LogP contribution is 2.39. The Morgan fingerprint density at radius 3 is 2.56 bits per heavy atom. The van der Waals surface area contributed by atoms with E-state index in [1.807, 2.05) is 63.4 Å². The normalized spacial score (nSPS) is 13.6. The van der Waals surface area contributed by atoms with E-state index in [1.54, 1.807) is 0 Å². The first-order valence-corrected chi connectivity index (χ1v) is 13.1. The van der Waals surface area contributed by atoms with Gasteiger partial charge in [-0.05, 0) is 61.7 Å². The fourth-order valence-electron chi connectivity index (χ4n) is 4.77. The molecule has 0 saturated carbocycles. The summed E-state index contributed by atoms with van der Waals surface area (Å²) in [6.07, 6.45) is 4.75. The second-order valence-corrected chi connectivity index (χ2v) is 9.94. The van der Waals surface area contributed by atoms with Crippen LogP contribution < -0.4 is 4.90 Å². The molecule has 8 heteroatoms. The van der Waals surface area contributed by atoms with E-state index in [9.17, 15) is 9.59 Å². The van der Waals surface area contributed by atoms with E-state index in [0.717, 1.165) is 57.8 Å². The zero-order valence-electron chi connectivity index (χ0n) is 22.5. The summed E-state index contributed by atoms with van der Waals surface area (Å²) >= 11 is 0.